The highest BCUT2D eigenvalue weighted by Gasteiger charge is 2.39. The number of amides is 1. The van der Waals surface area contributed by atoms with Gasteiger partial charge in [-0.1, -0.05) is 41.4 Å². The summed E-state index contributed by atoms with van der Waals surface area (Å²) in [5, 5.41) is 5.10. The number of benzene rings is 3. The van der Waals surface area contributed by atoms with Gasteiger partial charge in [0, 0.05) is 22.2 Å². The van der Waals surface area contributed by atoms with Gasteiger partial charge in [0.25, 0.3) is 5.91 Å². The molecule has 3 aromatic rings. The molecule has 0 saturated carbocycles. The second-order valence-corrected chi connectivity index (χ2v) is 11.2. The largest absolute Gasteiger partial charge is 0.490 e. The molecule has 1 heterocycles. The van der Waals surface area contributed by atoms with Gasteiger partial charge in [0.05, 0.1) is 17.7 Å². The molecule has 1 atom stereocenters. The zero-order chi connectivity index (χ0) is 27.1. The molecule has 1 amide bonds. The number of sulfonamides is 1. The molecule has 11 heteroatoms. The van der Waals surface area contributed by atoms with Gasteiger partial charge in [0.15, 0.2) is 11.5 Å². The summed E-state index contributed by atoms with van der Waals surface area (Å²) in [6.45, 7) is 2.82. The molecule has 0 aromatic heterocycles. The number of hydrogen-bond acceptors (Lipinski definition) is 6. The van der Waals surface area contributed by atoms with Crippen LogP contribution in [0.25, 0.3) is 0 Å². The van der Waals surface area contributed by atoms with Crippen LogP contribution >= 0.6 is 23.2 Å². The first-order valence-corrected chi connectivity index (χ1v) is 14.2. The summed E-state index contributed by atoms with van der Waals surface area (Å²) >= 11 is 12.1. The monoisotopic (exact) mass is 575 g/mol. The molecule has 0 radical (unpaired) electrons. The van der Waals surface area contributed by atoms with Crippen LogP contribution in [0.3, 0.4) is 0 Å². The maximum atomic E-state index is 13.1. The Hall–Kier alpha value is -3.11. The van der Waals surface area contributed by atoms with E-state index in [1.165, 1.54) is 34.8 Å². The minimum absolute atomic E-state index is 0.0883. The summed E-state index contributed by atoms with van der Waals surface area (Å²) in [6, 6.07) is 17.7. The molecule has 38 heavy (non-hydrogen) atoms. The molecule has 1 fully saturated rings. The first-order chi connectivity index (χ1) is 18.3. The van der Waals surface area contributed by atoms with E-state index in [-0.39, 0.29) is 18.0 Å². The standard InChI is InChI=1S/C27H27Cl2N3O5S/c1-2-36-26-16-19(9-14-25(26)37-18-20-6-3-4-7-23(20)29)17-30-31-27(33)24-8-5-15-32(24)38(34,35)22-12-10-21(28)11-13-22/h3-4,6-7,9-14,16-17,24H,2,5,8,15,18H2,1H3,(H,31,33)/b30-17-/t24-/m0/s1. The number of hydrogen-bond donors (Lipinski definition) is 1. The molecule has 1 aliphatic rings. The van der Waals surface area contributed by atoms with Crippen molar-refractivity contribution in [1.82, 2.24) is 9.73 Å². The lowest BCUT2D eigenvalue weighted by Gasteiger charge is -2.22. The number of rotatable bonds is 10. The molecule has 0 aliphatic carbocycles. The Morgan fingerprint density at radius 1 is 1.08 bits per heavy atom. The minimum Gasteiger partial charge on any atom is -0.490 e. The summed E-state index contributed by atoms with van der Waals surface area (Å²) in [6.07, 6.45) is 2.44. The van der Waals surface area contributed by atoms with Gasteiger partial charge >= 0.3 is 0 Å². The summed E-state index contributed by atoms with van der Waals surface area (Å²) < 4.78 is 39.0. The third-order valence-electron chi connectivity index (χ3n) is 5.92. The van der Waals surface area contributed by atoms with Crippen molar-refractivity contribution >= 4 is 45.3 Å². The molecule has 1 N–H and O–H groups in total. The fourth-order valence-electron chi connectivity index (χ4n) is 4.04. The zero-order valence-corrected chi connectivity index (χ0v) is 23.0. The molecule has 0 bridgehead atoms. The molecule has 0 spiro atoms. The van der Waals surface area contributed by atoms with E-state index in [4.69, 9.17) is 32.7 Å². The highest BCUT2D eigenvalue weighted by atomic mass is 35.5. The fourth-order valence-corrected chi connectivity index (χ4v) is 6.01. The Bertz CT molecular complexity index is 1410. The van der Waals surface area contributed by atoms with Gasteiger partial charge in [0.2, 0.25) is 10.0 Å². The van der Waals surface area contributed by atoms with Gasteiger partial charge in [-0.15, -0.1) is 0 Å². The number of hydrazone groups is 1. The SMILES string of the molecule is CCOc1cc(/C=N\NC(=O)[C@@H]2CCCN2S(=O)(=O)c2ccc(Cl)cc2)ccc1OCc1ccccc1Cl. The fraction of sp³-hybridized carbons (Fsp3) is 0.259. The van der Waals surface area contributed by atoms with E-state index in [0.29, 0.717) is 46.6 Å². The summed E-state index contributed by atoms with van der Waals surface area (Å²) in [7, 11) is -3.85. The molecular formula is C27H27Cl2N3O5S. The van der Waals surface area contributed by atoms with Crippen LogP contribution in [0.4, 0.5) is 0 Å². The molecule has 3 aromatic carbocycles. The Morgan fingerprint density at radius 2 is 1.84 bits per heavy atom. The van der Waals surface area contributed by atoms with Gasteiger partial charge in [-0.3, -0.25) is 4.79 Å². The maximum Gasteiger partial charge on any atom is 0.258 e. The lowest BCUT2D eigenvalue weighted by molar-refractivity contribution is -0.124. The lowest BCUT2D eigenvalue weighted by atomic mass is 10.2. The van der Waals surface area contributed by atoms with Crippen LogP contribution in [-0.2, 0) is 21.4 Å². The molecule has 0 unspecified atom stereocenters. The van der Waals surface area contributed by atoms with Crippen LogP contribution in [0.2, 0.25) is 10.0 Å². The first kappa shape index (κ1) is 27.9. The number of nitrogens with one attached hydrogen (secondary N) is 1. The van der Waals surface area contributed by atoms with E-state index in [1.807, 2.05) is 25.1 Å². The van der Waals surface area contributed by atoms with Crippen LogP contribution in [0.5, 0.6) is 11.5 Å². The van der Waals surface area contributed by atoms with E-state index in [1.54, 1.807) is 24.3 Å². The van der Waals surface area contributed by atoms with Crippen LogP contribution in [-0.4, -0.2) is 44.0 Å². The van der Waals surface area contributed by atoms with Crippen molar-refractivity contribution in [2.24, 2.45) is 5.10 Å². The summed E-state index contributed by atoms with van der Waals surface area (Å²) in [5.74, 6) is 0.564. The van der Waals surface area contributed by atoms with Crippen molar-refractivity contribution in [2.75, 3.05) is 13.2 Å². The third-order valence-corrected chi connectivity index (χ3v) is 8.47. The predicted molar refractivity (Wildman–Crippen MR) is 147 cm³/mol. The van der Waals surface area contributed by atoms with Gasteiger partial charge in [-0.05, 0) is 73.9 Å². The van der Waals surface area contributed by atoms with Gasteiger partial charge in [-0.25, -0.2) is 13.8 Å². The number of ether oxygens (including phenoxy) is 2. The molecule has 8 nitrogen and oxygen atoms in total. The average molecular weight is 577 g/mol. The van der Waals surface area contributed by atoms with Crippen LogP contribution < -0.4 is 14.9 Å². The number of carbonyl (C=O) groups excluding carboxylic acids is 1. The maximum absolute atomic E-state index is 13.1. The van der Waals surface area contributed by atoms with Crippen molar-refractivity contribution in [3.8, 4) is 11.5 Å². The summed E-state index contributed by atoms with van der Waals surface area (Å²) in [4.78, 5) is 12.9. The molecular weight excluding hydrogens is 549 g/mol. The number of halogens is 2. The van der Waals surface area contributed by atoms with Crippen molar-refractivity contribution in [1.29, 1.82) is 0 Å². The lowest BCUT2D eigenvalue weighted by Crippen LogP contribution is -2.44. The molecule has 1 aliphatic heterocycles. The minimum atomic E-state index is -3.85. The van der Waals surface area contributed by atoms with E-state index in [2.05, 4.69) is 10.5 Å². The number of carbonyl (C=O) groups is 1. The average Bonchev–Trinajstić information content (AvgIpc) is 3.41. The topological polar surface area (TPSA) is 97.3 Å². The van der Waals surface area contributed by atoms with Crippen molar-refractivity contribution in [3.05, 3.63) is 87.9 Å². The van der Waals surface area contributed by atoms with E-state index in [0.717, 1.165) is 5.56 Å². The smallest absolute Gasteiger partial charge is 0.258 e. The van der Waals surface area contributed by atoms with Crippen LogP contribution in [0, 0.1) is 0 Å². The van der Waals surface area contributed by atoms with Gasteiger partial charge in [-0.2, -0.15) is 9.41 Å². The second-order valence-electron chi connectivity index (χ2n) is 8.48. The molecule has 1 saturated heterocycles. The molecule has 4 rings (SSSR count). The second kappa shape index (κ2) is 12.6. The predicted octanol–water partition coefficient (Wildman–Crippen LogP) is 5.27. The van der Waals surface area contributed by atoms with E-state index in [9.17, 15) is 13.2 Å². The van der Waals surface area contributed by atoms with E-state index >= 15 is 0 Å². The Morgan fingerprint density at radius 3 is 2.58 bits per heavy atom. The zero-order valence-electron chi connectivity index (χ0n) is 20.6. The van der Waals surface area contributed by atoms with Gasteiger partial charge < -0.3 is 9.47 Å². The Kier molecular flexibility index (Phi) is 9.27. The van der Waals surface area contributed by atoms with E-state index < -0.39 is 22.0 Å². The Balaban J connectivity index is 1.41. The third kappa shape index (κ3) is 6.66. The van der Waals surface area contributed by atoms with Crippen LogP contribution in [0.1, 0.15) is 30.9 Å². The number of nitrogens with zero attached hydrogens (tertiary/aromatic N) is 2. The molecule has 200 valence electrons. The summed E-state index contributed by atoms with van der Waals surface area (Å²) in [5.41, 5.74) is 3.99. The quantitative estimate of drug-likeness (QED) is 0.262. The Labute approximate surface area is 232 Å². The van der Waals surface area contributed by atoms with Crippen molar-refractivity contribution in [3.63, 3.8) is 0 Å². The van der Waals surface area contributed by atoms with Gasteiger partial charge in [0.1, 0.15) is 12.6 Å². The first-order valence-electron chi connectivity index (χ1n) is 12.0. The van der Waals surface area contributed by atoms with Crippen LogP contribution in [0.15, 0.2) is 76.7 Å². The normalized spacial score (nSPS) is 16.0. The highest BCUT2D eigenvalue weighted by Crippen LogP contribution is 2.30. The van der Waals surface area contributed by atoms with Crippen molar-refractivity contribution < 1.29 is 22.7 Å². The van der Waals surface area contributed by atoms with Crippen molar-refractivity contribution in [2.45, 2.75) is 37.3 Å². The highest BCUT2D eigenvalue weighted by molar-refractivity contribution is 7.89.